The highest BCUT2D eigenvalue weighted by Gasteiger charge is 2.09. The highest BCUT2D eigenvalue weighted by atomic mass is 16.5. The molecule has 0 saturated carbocycles. The minimum atomic E-state index is -0.671. The number of aliphatic hydroxyl groups is 1. The molecule has 1 unspecified atom stereocenters. The Labute approximate surface area is 124 Å². The molecule has 3 N–H and O–H groups in total. The normalized spacial score (nSPS) is 12.9. The van der Waals surface area contributed by atoms with E-state index < -0.39 is 6.10 Å². The van der Waals surface area contributed by atoms with E-state index in [1.165, 1.54) is 12.6 Å². The molecule has 0 aliphatic carbocycles. The zero-order valence-electron chi connectivity index (χ0n) is 11.8. The van der Waals surface area contributed by atoms with Gasteiger partial charge in [0.2, 0.25) is 0 Å². The Morgan fingerprint density at radius 1 is 1.57 bits per heavy atom. The predicted molar refractivity (Wildman–Crippen MR) is 81.2 cm³/mol. The second-order valence-electron chi connectivity index (χ2n) is 4.10. The third-order valence-electron chi connectivity index (χ3n) is 2.46. The van der Waals surface area contributed by atoms with Crippen LogP contribution in [0.25, 0.3) is 6.08 Å². The third kappa shape index (κ3) is 6.40. The molecule has 0 aliphatic heterocycles. The van der Waals surface area contributed by atoms with Gasteiger partial charge in [-0.25, -0.2) is 9.56 Å². The van der Waals surface area contributed by atoms with E-state index in [4.69, 9.17) is 10.1 Å². The molecule has 6 heteroatoms. The van der Waals surface area contributed by atoms with Crippen molar-refractivity contribution in [1.29, 1.82) is 0 Å². The first-order chi connectivity index (χ1) is 10.2. The lowest BCUT2D eigenvalue weighted by molar-refractivity contribution is -0.706. The Hall–Kier alpha value is -2.60. The average molecular weight is 288 g/mol. The van der Waals surface area contributed by atoms with E-state index in [0.29, 0.717) is 12.2 Å². The van der Waals surface area contributed by atoms with Crippen LogP contribution < -0.4 is 9.98 Å². The molecule has 0 spiro atoms. The van der Waals surface area contributed by atoms with Crippen LogP contribution in [0.3, 0.4) is 0 Å². The number of aromatic nitrogens is 2. The van der Waals surface area contributed by atoms with Crippen molar-refractivity contribution < 1.29 is 19.8 Å². The Bertz CT molecular complexity index is 535. The van der Waals surface area contributed by atoms with E-state index in [9.17, 15) is 5.11 Å². The zero-order chi connectivity index (χ0) is 15.5. The lowest BCUT2D eigenvalue weighted by Crippen LogP contribution is -2.41. The van der Waals surface area contributed by atoms with E-state index in [2.05, 4.69) is 23.1 Å². The van der Waals surface area contributed by atoms with Gasteiger partial charge in [0.25, 0.3) is 6.33 Å². The van der Waals surface area contributed by atoms with Crippen molar-refractivity contribution in [2.45, 2.75) is 12.6 Å². The van der Waals surface area contributed by atoms with Crippen LogP contribution in [0.15, 0.2) is 54.6 Å². The summed E-state index contributed by atoms with van der Waals surface area (Å²) in [6.45, 7) is 7.71. The molecule has 1 heterocycles. The van der Waals surface area contributed by atoms with Gasteiger partial charge in [-0.05, 0) is 17.1 Å². The molecule has 0 aromatic carbocycles. The topological polar surface area (TPSA) is 84.2 Å². The largest absolute Gasteiger partial charge is 0.480 e. The lowest BCUT2D eigenvalue weighted by atomic mass is 10.3. The molecule has 6 nitrogen and oxygen atoms in total. The fourth-order valence-electron chi connectivity index (χ4n) is 1.43. The minimum absolute atomic E-state index is 0.121. The number of allylic oxidation sites excluding steroid dienone is 2. The van der Waals surface area contributed by atoms with Crippen molar-refractivity contribution in [3.63, 3.8) is 0 Å². The number of ether oxygens (including phenoxy) is 1. The SMILES string of the molecule is C=C/C(=C/C=[NH2+])N=COCC(O)C[n+]1ccc(C=C)nc1. The van der Waals surface area contributed by atoms with Gasteiger partial charge in [-0.1, -0.05) is 13.2 Å². The molecule has 110 valence electrons. The van der Waals surface area contributed by atoms with Crippen molar-refractivity contribution in [1.82, 2.24) is 4.98 Å². The first-order valence-corrected chi connectivity index (χ1v) is 6.37. The maximum Gasteiger partial charge on any atom is 0.286 e. The van der Waals surface area contributed by atoms with Crippen LogP contribution in [0.2, 0.25) is 0 Å². The molecule has 21 heavy (non-hydrogen) atoms. The molecule has 0 fully saturated rings. The quantitative estimate of drug-likeness (QED) is 0.273. The van der Waals surface area contributed by atoms with Crippen LogP contribution in [0.5, 0.6) is 0 Å². The fourth-order valence-corrected chi connectivity index (χ4v) is 1.43. The van der Waals surface area contributed by atoms with Crippen LogP contribution in [-0.2, 0) is 11.3 Å². The van der Waals surface area contributed by atoms with E-state index in [1.807, 2.05) is 12.3 Å². The summed E-state index contributed by atoms with van der Waals surface area (Å²) in [5.41, 5.74) is 1.36. The van der Waals surface area contributed by atoms with Crippen LogP contribution in [-0.4, -0.2) is 35.4 Å². The van der Waals surface area contributed by atoms with Crippen molar-refractivity contribution in [2.75, 3.05) is 6.61 Å². The molecule has 1 atom stereocenters. The average Bonchev–Trinajstić information content (AvgIpc) is 2.51. The van der Waals surface area contributed by atoms with E-state index >= 15 is 0 Å². The fraction of sp³-hybridized carbons (Fsp3) is 0.200. The van der Waals surface area contributed by atoms with Gasteiger partial charge in [-0.15, -0.1) is 0 Å². The van der Waals surface area contributed by atoms with Gasteiger partial charge in [-0.3, -0.25) is 5.41 Å². The molecule has 0 radical (unpaired) electrons. The third-order valence-corrected chi connectivity index (χ3v) is 2.46. The number of nitrogens with two attached hydrogens (primary N) is 1. The maximum absolute atomic E-state index is 9.84. The molecule has 0 aliphatic rings. The van der Waals surface area contributed by atoms with Crippen LogP contribution in [0.1, 0.15) is 5.69 Å². The summed E-state index contributed by atoms with van der Waals surface area (Å²) in [5, 5.41) is 15.1. The Morgan fingerprint density at radius 3 is 2.95 bits per heavy atom. The molecule has 1 aromatic rings. The number of hydrogen-bond donors (Lipinski definition) is 2. The summed E-state index contributed by atoms with van der Waals surface area (Å²) < 4.78 is 6.92. The number of hydrogen-bond acceptors (Lipinski definition) is 4. The van der Waals surface area contributed by atoms with E-state index in [1.54, 1.807) is 29.1 Å². The highest BCUT2D eigenvalue weighted by Crippen LogP contribution is 1.95. The van der Waals surface area contributed by atoms with Crippen molar-refractivity contribution in [3.05, 3.63) is 55.3 Å². The van der Waals surface area contributed by atoms with Gasteiger partial charge < -0.3 is 9.84 Å². The summed E-state index contributed by atoms with van der Waals surface area (Å²) in [4.78, 5) is 8.11. The summed E-state index contributed by atoms with van der Waals surface area (Å²) in [7, 11) is 0. The van der Waals surface area contributed by atoms with Gasteiger partial charge in [0, 0.05) is 12.1 Å². The van der Waals surface area contributed by atoms with Gasteiger partial charge in [0.15, 0.2) is 18.3 Å². The Balaban J connectivity index is 2.39. The number of aliphatic hydroxyl groups excluding tert-OH is 1. The number of nitrogens with zero attached hydrogens (tertiary/aromatic N) is 3. The standard InChI is InChI=1S/C15H19N4O2/c1-3-13(5-7-16)18-12-21-10-15(20)9-19-8-6-14(4-2)17-11-19/h3-8,11-12,15-16,20H,1-2,9-10H2/q+1/p+1/b13-5-,16-7?,18-12?. The molecular weight excluding hydrogens is 268 g/mol. The second-order valence-corrected chi connectivity index (χ2v) is 4.10. The zero-order valence-corrected chi connectivity index (χ0v) is 11.8. The maximum atomic E-state index is 9.84. The predicted octanol–water partition coefficient (Wildman–Crippen LogP) is -0.682. The summed E-state index contributed by atoms with van der Waals surface area (Å²) in [6.07, 6.45) is 10.2. The van der Waals surface area contributed by atoms with E-state index in [0.717, 1.165) is 5.69 Å². The first-order valence-electron chi connectivity index (χ1n) is 6.37. The van der Waals surface area contributed by atoms with Gasteiger partial charge in [0.1, 0.15) is 19.3 Å². The van der Waals surface area contributed by atoms with Gasteiger partial charge in [0.05, 0.1) is 11.9 Å². The molecule has 1 rings (SSSR count). The Kier molecular flexibility index (Phi) is 7.31. The van der Waals surface area contributed by atoms with Crippen molar-refractivity contribution in [2.24, 2.45) is 4.99 Å². The highest BCUT2D eigenvalue weighted by molar-refractivity contribution is 5.68. The number of aliphatic imine (C=N–C) groups is 1. The van der Waals surface area contributed by atoms with Crippen LogP contribution in [0, 0.1) is 0 Å². The molecule has 0 saturated heterocycles. The van der Waals surface area contributed by atoms with Crippen LogP contribution >= 0.6 is 0 Å². The summed E-state index contributed by atoms with van der Waals surface area (Å²) in [6, 6.07) is 1.81. The Morgan fingerprint density at radius 2 is 2.38 bits per heavy atom. The molecule has 1 aromatic heterocycles. The minimum Gasteiger partial charge on any atom is -0.480 e. The lowest BCUT2D eigenvalue weighted by Gasteiger charge is -2.07. The van der Waals surface area contributed by atoms with Crippen molar-refractivity contribution in [3.8, 4) is 0 Å². The first kappa shape index (κ1) is 16.5. The van der Waals surface area contributed by atoms with E-state index in [-0.39, 0.29) is 6.61 Å². The summed E-state index contributed by atoms with van der Waals surface area (Å²) in [5.74, 6) is 0. The molecule has 0 bridgehead atoms. The molecule has 0 amide bonds. The monoisotopic (exact) mass is 288 g/mol. The van der Waals surface area contributed by atoms with Crippen LogP contribution in [0.4, 0.5) is 0 Å². The van der Waals surface area contributed by atoms with Gasteiger partial charge in [-0.2, -0.15) is 0 Å². The smallest absolute Gasteiger partial charge is 0.286 e. The number of rotatable bonds is 9. The van der Waals surface area contributed by atoms with Gasteiger partial charge >= 0.3 is 0 Å². The second kappa shape index (κ2) is 9.33. The van der Waals surface area contributed by atoms with Crippen molar-refractivity contribution >= 4 is 18.7 Å². The molecular formula is C15H20N4O2+2. The summed E-state index contributed by atoms with van der Waals surface area (Å²) >= 11 is 0.